The molecule has 0 aliphatic heterocycles. The Morgan fingerprint density at radius 2 is 1.28 bits per heavy atom. The van der Waals surface area contributed by atoms with Crippen LogP contribution in [0.25, 0.3) is 11.1 Å². The molecule has 0 saturated carbocycles. The molecule has 0 radical (unpaired) electrons. The van der Waals surface area contributed by atoms with Crippen LogP contribution in [0.15, 0.2) is 84.9 Å². The molecule has 3 heteroatoms. The van der Waals surface area contributed by atoms with Crippen LogP contribution in [-0.2, 0) is 10.2 Å². The summed E-state index contributed by atoms with van der Waals surface area (Å²) in [7, 11) is 0. The molecule has 0 saturated heterocycles. The smallest absolute Gasteiger partial charge is 0.316 e. The van der Waals surface area contributed by atoms with Crippen LogP contribution < -0.4 is 0 Å². The molecule has 0 aromatic heterocycles. The summed E-state index contributed by atoms with van der Waals surface area (Å²) in [5, 5.41) is 20.6. The van der Waals surface area contributed by atoms with E-state index in [0.29, 0.717) is 11.1 Å². The summed E-state index contributed by atoms with van der Waals surface area (Å²) in [6.07, 6.45) is -1.14. The fourth-order valence-electron chi connectivity index (χ4n) is 3.01. The van der Waals surface area contributed by atoms with E-state index >= 15 is 0 Å². The highest BCUT2D eigenvalue weighted by atomic mass is 16.4. The van der Waals surface area contributed by atoms with Gasteiger partial charge in [0, 0.05) is 0 Å². The van der Waals surface area contributed by atoms with Gasteiger partial charge in [0.15, 0.2) is 0 Å². The highest BCUT2D eigenvalue weighted by Gasteiger charge is 2.43. The molecule has 3 nitrogen and oxygen atoms in total. The van der Waals surface area contributed by atoms with Gasteiger partial charge in [-0.25, -0.2) is 0 Å². The van der Waals surface area contributed by atoms with Crippen LogP contribution in [0.3, 0.4) is 0 Å². The molecule has 0 spiro atoms. The molecule has 0 unspecified atom stereocenters. The van der Waals surface area contributed by atoms with Crippen molar-refractivity contribution >= 4 is 5.97 Å². The van der Waals surface area contributed by atoms with Gasteiger partial charge in [-0.1, -0.05) is 84.9 Å². The lowest BCUT2D eigenvalue weighted by molar-refractivity contribution is -0.148. The van der Waals surface area contributed by atoms with Crippen molar-refractivity contribution < 1.29 is 15.0 Å². The Morgan fingerprint density at radius 3 is 1.80 bits per heavy atom. The second-order valence-electron chi connectivity index (χ2n) is 6.26. The van der Waals surface area contributed by atoms with Gasteiger partial charge in [0.2, 0.25) is 0 Å². The highest BCUT2D eigenvalue weighted by molar-refractivity contribution is 5.82. The zero-order valence-electron chi connectivity index (χ0n) is 14.0. The van der Waals surface area contributed by atoms with E-state index in [-0.39, 0.29) is 0 Å². The van der Waals surface area contributed by atoms with Crippen LogP contribution in [0.2, 0.25) is 0 Å². The molecule has 0 aliphatic rings. The molecule has 3 aromatic rings. The number of aliphatic hydroxyl groups excluding tert-OH is 1. The minimum atomic E-state index is -1.43. The lowest BCUT2D eigenvalue weighted by atomic mass is 9.74. The Hall–Kier alpha value is -2.91. The number of carboxylic acids is 1. The fraction of sp³-hybridized carbons (Fsp3) is 0.136. The third-order valence-corrected chi connectivity index (χ3v) is 4.70. The van der Waals surface area contributed by atoms with Gasteiger partial charge >= 0.3 is 5.97 Å². The van der Waals surface area contributed by atoms with Crippen molar-refractivity contribution in [3.63, 3.8) is 0 Å². The molecule has 3 aromatic carbocycles. The molecule has 3 rings (SSSR count). The Bertz CT molecular complexity index is 841. The number of aliphatic hydroxyl groups is 1. The maximum Gasteiger partial charge on any atom is 0.316 e. The monoisotopic (exact) mass is 332 g/mol. The standard InChI is InChI=1S/C22H20O3/c1-22(21(24)25,20(23)18-10-6-3-7-11-18)19-14-12-17(13-15-19)16-8-4-2-5-9-16/h2-15,20,23H,1H3,(H,24,25)/t20-,22+/m1/s1. The second kappa shape index (κ2) is 6.91. The van der Waals surface area contributed by atoms with Gasteiger partial charge in [0.1, 0.15) is 5.41 Å². The van der Waals surface area contributed by atoms with Gasteiger partial charge in [-0.3, -0.25) is 4.79 Å². The van der Waals surface area contributed by atoms with Crippen LogP contribution in [0.5, 0.6) is 0 Å². The summed E-state index contributed by atoms with van der Waals surface area (Å²) < 4.78 is 0. The molecule has 0 amide bonds. The van der Waals surface area contributed by atoms with E-state index in [4.69, 9.17) is 0 Å². The van der Waals surface area contributed by atoms with Crippen LogP contribution >= 0.6 is 0 Å². The zero-order chi connectivity index (χ0) is 17.9. The predicted molar refractivity (Wildman–Crippen MR) is 98.3 cm³/mol. The summed E-state index contributed by atoms with van der Waals surface area (Å²) >= 11 is 0. The molecule has 2 N–H and O–H groups in total. The van der Waals surface area contributed by atoms with Crippen molar-refractivity contribution in [2.75, 3.05) is 0 Å². The van der Waals surface area contributed by atoms with Crippen molar-refractivity contribution in [1.29, 1.82) is 0 Å². The fourth-order valence-corrected chi connectivity index (χ4v) is 3.01. The number of hydrogen-bond acceptors (Lipinski definition) is 2. The van der Waals surface area contributed by atoms with Crippen molar-refractivity contribution in [2.24, 2.45) is 0 Å². The van der Waals surface area contributed by atoms with E-state index in [1.165, 1.54) is 0 Å². The Labute approximate surface area is 147 Å². The Balaban J connectivity index is 2.00. The van der Waals surface area contributed by atoms with Gasteiger partial charge in [-0.15, -0.1) is 0 Å². The predicted octanol–water partition coefficient (Wildman–Crippen LogP) is 4.43. The quantitative estimate of drug-likeness (QED) is 0.727. The van der Waals surface area contributed by atoms with Crippen LogP contribution in [0.1, 0.15) is 24.2 Å². The van der Waals surface area contributed by atoms with Crippen molar-refractivity contribution in [3.05, 3.63) is 96.1 Å². The maximum atomic E-state index is 12.0. The van der Waals surface area contributed by atoms with Crippen molar-refractivity contribution in [1.82, 2.24) is 0 Å². The lowest BCUT2D eigenvalue weighted by Crippen LogP contribution is -2.39. The van der Waals surface area contributed by atoms with Crippen LogP contribution in [-0.4, -0.2) is 16.2 Å². The number of carboxylic acid groups (broad SMARTS) is 1. The third-order valence-electron chi connectivity index (χ3n) is 4.70. The average molecular weight is 332 g/mol. The molecule has 0 bridgehead atoms. The molecule has 0 heterocycles. The largest absolute Gasteiger partial charge is 0.481 e. The normalized spacial score (nSPS) is 14.5. The molecule has 25 heavy (non-hydrogen) atoms. The van der Waals surface area contributed by atoms with Gasteiger partial charge in [0.25, 0.3) is 0 Å². The van der Waals surface area contributed by atoms with Gasteiger partial charge < -0.3 is 10.2 Å². The molecular formula is C22H20O3. The third kappa shape index (κ3) is 3.19. The molecule has 0 aliphatic carbocycles. The van der Waals surface area contributed by atoms with E-state index < -0.39 is 17.5 Å². The number of hydrogen-bond donors (Lipinski definition) is 2. The summed E-state index contributed by atoms with van der Waals surface area (Å²) in [5.41, 5.74) is 1.79. The Morgan fingerprint density at radius 1 is 0.800 bits per heavy atom. The zero-order valence-corrected chi connectivity index (χ0v) is 14.0. The lowest BCUT2D eigenvalue weighted by Gasteiger charge is -2.31. The summed E-state index contributed by atoms with van der Waals surface area (Å²) in [4.78, 5) is 12.0. The molecule has 0 fully saturated rings. The number of carbonyl (C=O) groups is 1. The first-order valence-corrected chi connectivity index (χ1v) is 8.16. The number of aliphatic carboxylic acids is 1. The van der Waals surface area contributed by atoms with Crippen molar-refractivity contribution in [3.8, 4) is 11.1 Å². The first-order valence-electron chi connectivity index (χ1n) is 8.16. The average Bonchev–Trinajstić information content (AvgIpc) is 2.68. The maximum absolute atomic E-state index is 12.0. The first-order chi connectivity index (χ1) is 12.0. The van der Waals surface area contributed by atoms with Crippen LogP contribution in [0, 0.1) is 0 Å². The van der Waals surface area contributed by atoms with Gasteiger partial charge in [-0.05, 0) is 29.2 Å². The number of rotatable bonds is 5. The van der Waals surface area contributed by atoms with Crippen molar-refractivity contribution in [2.45, 2.75) is 18.4 Å². The number of benzene rings is 3. The van der Waals surface area contributed by atoms with Gasteiger partial charge in [-0.2, -0.15) is 0 Å². The van der Waals surface area contributed by atoms with E-state index in [1.807, 2.05) is 48.5 Å². The molecular weight excluding hydrogens is 312 g/mol. The van der Waals surface area contributed by atoms with Gasteiger partial charge in [0.05, 0.1) is 6.10 Å². The molecule has 126 valence electrons. The first kappa shape index (κ1) is 16.9. The van der Waals surface area contributed by atoms with E-state index in [1.54, 1.807) is 43.3 Å². The Kier molecular flexibility index (Phi) is 4.68. The SMILES string of the molecule is C[C@](C(=O)O)(c1ccc(-c2ccccc2)cc1)[C@H](O)c1ccccc1. The molecule has 2 atom stereocenters. The highest BCUT2D eigenvalue weighted by Crippen LogP contribution is 2.38. The second-order valence-corrected chi connectivity index (χ2v) is 6.26. The summed E-state index contributed by atoms with van der Waals surface area (Å²) in [6, 6.07) is 26.1. The summed E-state index contributed by atoms with van der Waals surface area (Å²) in [6.45, 7) is 1.56. The summed E-state index contributed by atoms with van der Waals surface area (Å²) in [5.74, 6) is -1.06. The minimum Gasteiger partial charge on any atom is -0.481 e. The topological polar surface area (TPSA) is 57.5 Å². The van der Waals surface area contributed by atoms with E-state index in [0.717, 1.165) is 11.1 Å². The minimum absolute atomic E-state index is 0.566. The van der Waals surface area contributed by atoms with E-state index in [2.05, 4.69) is 0 Å². The van der Waals surface area contributed by atoms with Crippen LogP contribution in [0.4, 0.5) is 0 Å². The van der Waals surface area contributed by atoms with E-state index in [9.17, 15) is 15.0 Å².